The van der Waals surface area contributed by atoms with Crippen LogP contribution in [0.4, 0.5) is 8.78 Å². The van der Waals surface area contributed by atoms with Crippen LogP contribution in [0.15, 0.2) is 28.7 Å². The number of nitrogens with zero attached hydrogens (tertiary/aromatic N) is 4. The SMILES string of the molecule is CC(C)c1csc(-c2nnc3n2NC(c2ccc(F)cc2F)S3)n1. The van der Waals surface area contributed by atoms with E-state index in [0.717, 1.165) is 16.8 Å². The molecule has 1 aliphatic rings. The molecule has 0 fully saturated rings. The number of hydrogen-bond acceptors (Lipinski definition) is 6. The van der Waals surface area contributed by atoms with Crippen molar-refractivity contribution in [3.05, 3.63) is 46.5 Å². The lowest BCUT2D eigenvalue weighted by molar-refractivity contribution is 0.571. The number of fused-ring (bicyclic) bond motifs is 1. The number of halogens is 2. The first kappa shape index (κ1) is 15.5. The van der Waals surface area contributed by atoms with E-state index >= 15 is 0 Å². The average Bonchev–Trinajstić information content (AvgIpc) is 3.21. The van der Waals surface area contributed by atoms with Gasteiger partial charge in [0.15, 0.2) is 5.01 Å². The lowest BCUT2D eigenvalue weighted by atomic mass is 10.2. The first-order chi connectivity index (χ1) is 11.5. The third-order valence-electron chi connectivity index (χ3n) is 3.65. The molecule has 4 rings (SSSR count). The van der Waals surface area contributed by atoms with Gasteiger partial charge in [0, 0.05) is 17.0 Å². The second-order valence-corrected chi connectivity index (χ2v) is 7.60. The van der Waals surface area contributed by atoms with Gasteiger partial charge in [0.1, 0.15) is 17.0 Å². The molecule has 0 radical (unpaired) electrons. The van der Waals surface area contributed by atoms with Crippen LogP contribution in [0.25, 0.3) is 10.8 Å². The Labute approximate surface area is 145 Å². The van der Waals surface area contributed by atoms with Crippen molar-refractivity contribution in [2.45, 2.75) is 30.3 Å². The molecule has 5 nitrogen and oxygen atoms in total. The molecule has 1 N–H and O–H groups in total. The standard InChI is InChI=1S/C15H13F2N5S2/c1-7(2)11-6-23-14(18-11)12-19-20-15-22(12)21-13(24-15)9-4-3-8(16)5-10(9)17/h3-7,13,21H,1-2H3. The fourth-order valence-corrected chi connectivity index (χ4v) is 4.32. The van der Waals surface area contributed by atoms with Crippen molar-refractivity contribution in [1.82, 2.24) is 19.9 Å². The summed E-state index contributed by atoms with van der Waals surface area (Å²) < 4.78 is 28.8. The largest absolute Gasteiger partial charge is 0.304 e. The van der Waals surface area contributed by atoms with E-state index in [-0.39, 0.29) is 5.37 Å². The van der Waals surface area contributed by atoms with Crippen LogP contribution < -0.4 is 5.43 Å². The molecular formula is C15H13F2N5S2. The van der Waals surface area contributed by atoms with Gasteiger partial charge in [-0.05, 0) is 12.0 Å². The Morgan fingerprint density at radius 2 is 2.08 bits per heavy atom. The highest BCUT2D eigenvalue weighted by atomic mass is 32.2. The van der Waals surface area contributed by atoms with Gasteiger partial charge in [-0.2, -0.15) is 0 Å². The molecule has 3 aromatic rings. The third-order valence-corrected chi connectivity index (χ3v) is 5.58. The Morgan fingerprint density at radius 3 is 2.79 bits per heavy atom. The molecule has 9 heteroatoms. The van der Waals surface area contributed by atoms with Gasteiger partial charge in [0.25, 0.3) is 0 Å². The summed E-state index contributed by atoms with van der Waals surface area (Å²) in [5.74, 6) is -0.251. The van der Waals surface area contributed by atoms with Crippen molar-refractivity contribution < 1.29 is 8.78 Å². The lowest BCUT2D eigenvalue weighted by Gasteiger charge is -2.12. The second kappa shape index (κ2) is 5.82. The molecule has 0 aliphatic carbocycles. The molecule has 24 heavy (non-hydrogen) atoms. The van der Waals surface area contributed by atoms with E-state index in [1.165, 1.54) is 35.2 Å². The summed E-state index contributed by atoms with van der Waals surface area (Å²) in [7, 11) is 0. The van der Waals surface area contributed by atoms with Crippen LogP contribution in [-0.4, -0.2) is 19.9 Å². The van der Waals surface area contributed by atoms with E-state index in [1.807, 2.05) is 5.38 Å². The molecule has 0 saturated carbocycles. The van der Waals surface area contributed by atoms with Crippen molar-refractivity contribution in [2.75, 3.05) is 5.43 Å². The Hall–Kier alpha value is -2.00. The van der Waals surface area contributed by atoms with Crippen LogP contribution >= 0.6 is 23.1 Å². The van der Waals surface area contributed by atoms with Crippen molar-refractivity contribution >= 4 is 23.1 Å². The van der Waals surface area contributed by atoms with Gasteiger partial charge in [-0.1, -0.05) is 31.7 Å². The van der Waals surface area contributed by atoms with Gasteiger partial charge in [-0.15, -0.1) is 21.5 Å². The van der Waals surface area contributed by atoms with Crippen molar-refractivity contribution in [2.24, 2.45) is 0 Å². The highest BCUT2D eigenvalue weighted by Crippen LogP contribution is 2.41. The maximum Gasteiger partial charge on any atom is 0.212 e. The molecule has 1 atom stereocenters. The monoisotopic (exact) mass is 365 g/mol. The van der Waals surface area contributed by atoms with Gasteiger partial charge < -0.3 is 5.43 Å². The van der Waals surface area contributed by atoms with E-state index in [9.17, 15) is 8.78 Å². The predicted octanol–water partition coefficient (Wildman–Crippen LogP) is 4.15. The molecule has 1 aromatic carbocycles. The fourth-order valence-electron chi connectivity index (χ4n) is 2.35. The summed E-state index contributed by atoms with van der Waals surface area (Å²) in [6.45, 7) is 4.16. The van der Waals surface area contributed by atoms with Crippen LogP contribution in [0.1, 0.15) is 36.4 Å². The summed E-state index contributed by atoms with van der Waals surface area (Å²) in [6.07, 6.45) is 0. The number of thiazole rings is 1. The minimum absolute atomic E-state index is 0.333. The number of nitrogens with one attached hydrogen (secondary N) is 1. The molecule has 2 aromatic heterocycles. The average molecular weight is 365 g/mol. The van der Waals surface area contributed by atoms with E-state index < -0.39 is 11.6 Å². The smallest absolute Gasteiger partial charge is 0.212 e. The van der Waals surface area contributed by atoms with E-state index in [4.69, 9.17) is 0 Å². The van der Waals surface area contributed by atoms with Crippen LogP contribution in [0.2, 0.25) is 0 Å². The number of aromatic nitrogens is 4. The van der Waals surface area contributed by atoms with Gasteiger partial charge >= 0.3 is 0 Å². The lowest BCUT2D eigenvalue weighted by Crippen LogP contribution is -2.14. The van der Waals surface area contributed by atoms with Crippen LogP contribution in [-0.2, 0) is 0 Å². The first-order valence-corrected chi connectivity index (χ1v) is 9.08. The summed E-state index contributed by atoms with van der Waals surface area (Å²) in [4.78, 5) is 4.58. The minimum Gasteiger partial charge on any atom is -0.304 e. The zero-order valence-corrected chi connectivity index (χ0v) is 14.5. The molecule has 0 bridgehead atoms. The van der Waals surface area contributed by atoms with Crippen LogP contribution in [0, 0.1) is 11.6 Å². The maximum absolute atomic E-state index is 14.0. The molecule has 0 saturated heterocycles. The molecule has 0 spiro atoms. The summed E-state index contributed by atoms with van der Waals surface area (Å²) >= 11 is 2.83. The molecule has 1 aliphatic heterocycles. The van der Waals surface area contributed by atoms with Crippen molar-refractivity contribution in [3.8, 4) is 10.8 Å². The quantitative estimate of drug-likeness (QED) is 0.756. The summed E-state index contributed by atoms with van der Waals surface area (Å²) in [5, 5.41) is 11.3. The van der Waals surface area contributed by atoms with Crippen molar-refractivity contribution in [3.63, 3.8) is 0 Å². The molecule has 3 heterocycles. The van der Waals surface area contributed by atoms with Gasteiger partial charge in [-0.25, -0.2) is 18.4 Å². The van der Waals surface area contributed by atoms with Gasteiger partial charge in [0.2, 0.25) is 11.0 Å². The number of benzene rings is 1. The Balaban J connectivity index is 1.64. The molecule has 1 unspecified atom stereocenters. The Bertz CT molecular complexity index is 905. The number of thioether (sulfide) groups is 1. The highest BCUT2D eigenvalue weighted by Gasteiger charge is 2.30. The fraction of sp³-hybridized carbons (Fsp3) is 0.267. The van der Waals surface area contributed by atoms with E-state index in [0.29, 0.717) is 22.5 Å². The zero-order chi connectivity index (χ0) is 16.8. The summed E-state index contributed by atoms with van der Waals surface area (Å²) in [5.41, 5.74) is 4.53. The topological polar surface area (TPSA) is 55.6 Å². The zero-order valence-electron chi connectivity index (χ0n) is 12.8. The Morgan fingerprint density at radius 1 is 1.25 bits per heavy atom. The molecule has 124 valence electrons. The number of rotatable bonds is 3. The van der Waals surface area contributed by atoms with Gasteiger partial charge in [-0.3, -0.25) is 0 Å². The maximum atomic E-state index is 14.0. The van der Waals surface area contributed by atoms with Crippen LogP contribution in [0.5, 0.6) is 0 Å². The Kier molecular flexibility index (Phi) is 3.76. The van der Waals surface area contributed by atoms with Gasteiger partial charge in [0.05, 0.1) is 5.69 Å². The second-order valence-electron chi connectivity index (χ2n) is 5.67. The van der Waals surface area contributed by atoms with E-state index in [2.05, 4.69) is 34.5 Å². The summed E-state index contributed by atoms with van der Waals surface area (Å²) in [6, 6.07) is 3.57. The first-order valence-electron chi connectivity index (χ1n) is 7.32. The van der Waals surface area contributed by atoms with Crippen LogP contribution in [0.3, 0.4) is 0 Å². The predicted molar refractivity (Wildman–Crippen MR) is 89.5 cm³/mol. The van der Waals surface area contributed by atoms with Crippen molar-refractivity contribution in [1.29, 1.82) is 0 Å². The third kappa shape index (κ3) is 2.57. The molecule has 0 amide bonds. The minimum atomic E-state index is -0.594. The highest BCUT2D eigenvalue weighted by molar-refractivity contribution is 7.99. The molecular weight excluding hydrogens is 352 g/mol. The van der Waals surface area contributed by atoms with E-state index in [1.54, 1.807) is 4.68 Å². The normalized spacial score (nSPS) is 16.5. The number of hydrogen-bond donors (Lipinski definition) is 1.